The highest BCUT2D eigenvalue weighted by atomic mass is 32.2. The molecule has 0 saturated carbocycles. The number of sulfonamides is 1. The smallest absolute Gasteiger partial charge is 0.283 e. The summed E-state index contributed by atoms with van der Waals surface area (Å²) in [6.07, 6.45) is 6.49. The highest BCUT2D eigenvalue weighted by molar-refractivity contribution is 7.92. The molecule has 0 unspecified atom stereocenters. The molecule has 8 heteroatoms. The maximum atomic E-state index is 13.1. The third-order valence-corrected chi connectivity index (χ3v) is 7.74. The first-order valence-corrected chi connectivity index (χ1v) is 12.0. The van der Waals surface area contributed by atoms with Gasteiger partial charge in [0.15, 0.2) is 5.03 Å². The largest absolute Gasteiger partial charge is 0.348 e. The van der Waals surface area contributed by atoms with Gasteiger partial charge in [-0.2, -0.15) is 8.42 Å². The lowest BCUT2D eigenvalue weighted by Gasteiger charge is -2.26. The van der Waals surface area contributed by atoms with E-state index in [4.69, 9.17) is 0 Å². The average Bonchev–Trinajstić information content (AvgIpc) is 3.42. The third kappa shape index (κ3) is 3.72. The lowest BCUT2D eigenvalue weighted by molar-refractivity contribution is -0.122. The molecule has 7 nitrogen and oxygen atoms in total. The Labute approximate surface area is 181 Å². The minimum atomic E-state index is -3.76. The number of para-hydroxylation sites is 1. The molecule has 1 aromatic heterocycles. The number of nitrogens with zero attached hydrogens (tertiary/aromatic N) is 3. The van der Waals surface area contributed by atoms with Gasteiger partial charge in [-0.25, -0.2) is 4.98 Å². The lowest BCUT2D eigenvalue weighted by atomic mass is 9.88. The van der Waals surface area contributed by atoms with Gasteiger partial charge in [-0.05, 0) is 48.4 Å². The number of aromatic nitrogens is 2. The van der Waals surface area contributed by atoms with E-state index in [2.05, 4.69) is 22.4 Å². The highest BCUT2D eigenvalue weighted by Gasteiger charge is 2.32. The average molecular weight is 437 g/mol. The van der Waals surface area contributed by atoms with Crippen LogP contribution in [0.5, 0.6) is 0 Å². The van der Waals surface area contributed by atoms with Crippen LogP contribution in [0.4, 0.5) is 5.69 Å². The number of anilines is 1. The van der Waals surface area contributed by atoms with E-state index in [0.29, 0.717) is 18.7 Å². The number of carbonyl (C=O) groups is 1. The van der Waals surface area contributed by atoms with E-state index in [-0.39, 0.29) is 23.5 Å². The summed E-state index contributed by atoms with van der Waals surface area (Å²) < 4.78 is 29.1. The van der Waals surface area contributed by atoms with E-state index in [9.17, 15) is 13.2 Å². The molecule has 2 heterocycles. The molecule has 2 aliphatic rings. The van der Waals surface area contributed by atoms with Gasteiger partial charge in [0.05, 0.1) is 18.1 Å². The summed E-state index contributed by atoms with van der Waals surface area (Å²) in [4.78, 5) is 16.7. The van der Waals surface area contributed by atoms with Crippen molar-refractivity contribution in [2.24, 2.45) is 0 Å². The first kappa shape index (κ1) is 19.8. The van der Waals surface area contributed by atoms with Crippen molar-refractivity contribution < 1.29 is 13.2 Å². The van der Waals surface area contributed by atoms with Gasteiger partial charge >= 0.3 is 0 Å². The molecule has 1 atom stereocenters. The summed E-state index contributed by atoms with van der Waals surface area (Å²) in [5, 5.41) is 3.05. The summed E-state index contributed by atoms with van der Waals surface area (Å²) >= 11 is 0. The van der Waals surface area contributed by atoms with E-state index in [1.807, 2.05) is 36.4 Å². The molecule has 2 aromatic carbocycles. The van der Waals surface area contributed by atoms with Gasteiger partial charge in [-0.15, -0.1) is 0 Å². The van der Waals surface area contributed by atoms with Crippen LogP contribution in [-0.2, 0) is 34.2 Å². The van der Waals surface area contributed by atoms with E-state index in [1.54, 1.807) is 0 Å². The molecule has 0 fully saturated rings. The van der Waals surface area contributed by atoms with Crippen molar-refractivity contribution in [1.29, 1.82) is 0 Å². The Bertz CT molecular complexity index is 1230. The SMILES string of the molecule is O=C(Cn1cnc(S(=O)(=O)N2CCc3ccccc32)c1)N[C@H]1CCCc2ccccc21. The normalized spacial score (nSPS) is 17.8. The van der Waals surface area contributed by atoms with Crippen molar-refractivity contribution >= 4 is 21.6 Å². The molecule has 0 spiro atoms. The number of fused-ring (bicyclic) bond motifs is 2. The van der Waals surface area contributed by atoms with Crippen molar-refractivity contribution in [2.45, 2.75) is 43.3 Å². The number of rotatable bonds is 5. The summed E-state index contributed by atoms with van der Waals surface area (Å²) in [5.74, 6) is -0.158. The molecular weight excluding hydrogens is 412 g/mol. The number of imidazole rings is 1. The van der Waals surface area contributed by atoms with Crippen LogP contribution in [0.3, 0.4) is 0 Å². The van der Waals surface area contributed by atoms with E-state index in [0.717, 1.165) is 24.8 Å². The molecule has 0 bridgehead atoms. The van der Waals surface area contributed by atoms with Crippen LogP contribution in [0.2, 0.25) is 0 Å². The fourth-order valence-electron chi connectivity index (χ4n) is 4.54. The number of hydrogen-bond acceptors (Lipinski definition) is 4. The van der Waals surface area contributed by atoms with Gasteiger partial charge in [0, 0.05) is 12.7 Å². The number of carbonyl (C=O) groups excluding carboxylic acids is 1. The molecule has 1 amide bonds. The predicted molar refractivity (Wildman–Crippen MR) is 117 cm³/mol. The minimum Gasteiger partial charge on any atom is -0.348 e. The topological polar surface area (TPSA) is 84.3 Å². The van der Waals surface area contributed by atoms with Crippen LogP contribution in [0.1, 0.15) is 35.6 Å². The van der Waals surface area contributed by atoms with Crippen molar-refractivity contribution in [1.82, 2.24) is 14.9 Å². The molecule has 0 radical (unpaired) electrons. The number of benzene rings is 2. The maximum absolute atomic E-state index is 13.1. The molecule has 1 N–H and O–H groups in total. The summed E-state index contributed by atoms with van der Waals surface area (Å²) in [6, 6.07) is 15.7. The molecule has 1 aliphatic carbocycles. The van der Waals surface area contributed by atoms with E-state index < -0.39 is 10.0 Å². The Morgan fingerprint density at radius 3 is 2.71 bits per heavy atom. The van der Waals surface area contributed by atoms with Crippen LogP contribution in [0, 0.1) is 0 Å². The van der Waals surface area contributed by atoms with E-state index in [1.165, 1.54) is 32.5 Å². The fraction of sp³-hybridized carbons (Fsp3) is 0.304. The molecule has 160 valence electrons. The van der Waals surface area contributed by atoms with E-state index >= 15 is 0 Å². The zero-order chi connectivity index (χ0) is 21.4. The van der Waals surface area contributed by atoms with Crippen LogP contribution >= 0.6 is 0 Å². The minimum absolute atomic E-state index is 0.00900. The van der Waals surface area contributed by atoms with Gasteiger partial charge in [0.25, 0.3) is 10.0 Å². The third-order valence-electron chi connectivity index (χ3n) is 6.04. The van der Waals surface area contributed by atoms with Crippen molar-refractivity contribution in [3.8, 4) is 0 Å². The first-order chi connectivity index (χ1) is 15.0. The van der Waals surface area contributed by atoms with Crippen LogP contribution in [-0.4, -0.2) is 30.4 Å². The number of amides is 1. The number of hydrogen-bond donors (Lipinski definition) is 1. The van der Waals surface area contributed by atoms with Crippen LogP contribution in [0.25, 0.3) is 0 Å². The standard InChI is InChI=1S/C23H24N4O3S/c28-22(25-20-10-5-8-17-6-1-3-9-19(17)20)14-26-15-23(24-16-26)31(29,30)27-13-12-18-7-2-4-11-21(18)27/h1-4,6-7,9,11,15-16,20H,5,8,10,12-14H2,(H,25,28)/t20-/m0/s1. The Hall–Kier alpha value is -3.13. The molecule has 3 aromatic rings. The van der Waals surface area contributed by atoms with Crippen molar-refractivity contribution in [2.75, 3.05) is 10.8 Å². The molecule has 0 saturated heterocycles. The quantitative estimate of drug-likeness (QED) is 0.667. The Balaban J connectivity index is 1.29. The zero-order valence-corrected chi connectivity index (χ0v) is 17.9. The number of nitrogens with one attached hydrogen (secondary N) is 1. The highest BCUT2D eigenvalue weighted by Crippen LogP contribution is 2.32. The van der Waals surface area contributed by atoms with Crippen molar-refractivity contribution in [3.05, 3.63) is 77.7 Å². The maximum Gasteiger partial charge on any atom is 0.283 e. The zero-order valence-electron chi connectivity index (χ0n) is 17.1. The van der Waals surface area contributed by atoms with Gasteiger partial charge in [-0.3, -0.25) is 9.10 Å². The van der Waals surface area contributed by atoms with Gasteiger partial charge in [0.1, 0.15) is 6.54 Å². The lowest BCUT2D eigenvalue weighted by Crippen LogP contribution is -2.33. The molecule has 31 heavy (non-hydrogen) atoms. The molecule has 5 rings (SSSR count). The predicted octanol–water partition coefficient (Wildman–Crippen LogP) is 2.83. The van der Waals surface area contributed by atoms with Crippen molar-refractivity contribution in [3.63, 3.8) is 0 Å². The molecule has 1 aliphatic heterocycles. The van der Waals surface area contributed by atoms with Gasteiger partial charge in [0.2, 0.25) is 5.91 Å². The van der Waals surface area contributed by atoms with Crippen LogP contribution in [0.15, 0.2) is 66.1 Å². The summed E-state index contributed by atoms with van der Waals surface area (Å²) in [7, 11) is -3.76. The Morgan fingerprint density at radius 1 is 1.06 bits per heavy atom. The summed E-state index contributed by atoms with van der Waals surface area (Å²) in [6.45, 7) is 0.424. The summed E-state index contributed by atoms with van der Waals surface area (Å²) in [5.41, 5.74) is 4.16. The van der Waals surface area contributed by atoms with Gasteiger partial charge < -0.3 is 9.88 Å². The Morgan fingerprint density at radius 2 is 1.84 bits per heavy atom. The fourth-order valence-corrected chi connectivity index (χ4v) is 5.98. The molecular formula is C23H24N4O3S. The first-order valence-electron chi connectivity index (χ1n) is 10.5. The Kier molecular flexibility index (Phi) is 5.02. The second kappa shape index (κ2) is 7.85. The van der Waals surface area contributed by atoms with Crippen LogP contribution < -0.4 is 9.62 Å². The second-order valence-corrected chi connectivity index (χ2v) is 9.86. The van der Waals surface area contributed by atoms with Gasteiger partial charge in [-0.1, -0.05) is 42.5 Å². The second-order valence-electron chi connectivity index (χ2n) is 8.05. The monoisotopic (exact) mass is 436 g/mol. The number of aryl methyl sites for hydroxylation is 1.